The van der Waals surface area contributed by atoms with E-state index in [1.165, 1.54) is 6.07 Å². The van der Waals surface area contributed by atoms with Gasteiger partial charge in [0.15, 0.2) is 0 Å². The van der Waals surface area contributed by atoms with Crippen LogP contribution in [0.5, 0.6) is 0 Å². The van der Waals surface area contributed by atoms with E-state index >= 15 is 0 Å². The molecule has 0 aliphatic carbocycles. The van der Waals surface area contributed by atoms with Gasteiger partial charge < -0.3 is 0 Å². The summed E-state index contributed by atoms with van der Waals surface area (Å²) in [5.41, 5.74) is 3.99. The second-order valence-corrected chi connectivity index (χ2v) is 4.48. The molecule has 0 bridgehead atoms. The molecule has 0 spiro atoms. The third kappa shape index (κ3) is 2.69. The van der Waals surface area contributed by atoms with Crippen LogP contribution in [0.2, 0.25) is 5.02 Å². The van der Waals surface area contributed by atoms with Crippen LogP contribution >= 0.6 is 11.6 Å². The van der Waals surface area contributed by atoms with Gasteiger partial charge in [-0.2, -0.15) is 5.10 Å². The van der Waals surface area contributed by atoms with E-state index in [2.05, 4.69) is 10.5 Å². The van der Waals surface area contributed by atoms with Crippen LogP contribution < -0.4 is 11.3 Å². The minimum atomic E-state index is -0.327. The number of hydrogen-bond acceptors (Lipinski definition) is 3. The summed E-state index contributed by atoms with van der Waals surface area (Å²) < 4.78 is 15.4. The normalized spacial score (nSPS) is 12.7. The largest absolute Gasteiger partial charge is 0.275 e. The Morgan fingerprint density at radius 2 is 2.33 bits per heavy atom. The summed E-state index contributed by atoms with van der Waals surface area (Å²) >= 11 is 5.99. The zero-order chi connectivity index (χ0) is 13.1. The fraction of sp³-hybridized carbons (Fsp3) is 0.250. The lowest BCUT2D eigenvalue weighted by molar-refractivity contribution is 0.529. The van der Waals surface area contributed by atoms with Gasteiger partial charge in [-0.15, -0.1) is 0 Å². The number of aryl methyl sites for hydroxylation is 1. The number of nitrogens with one attached hydrogen (secondary N) is 1. The number of halogens is 2. The van der Waals surface area contributed by atoms with E-state index in [1.54, 1.807) is 23.0 Å². The molecule has 0 radical (unpaired) electrons. The maximum absolute atomic E-state index is 13.7. The molecule has 0 aliphatic heterocycles. The van der Waals surface area contributed by atoms with Crippen LogP contribution in [-0.4, -0.2) is 9.78 Å². The summed E-state index contributed by atoms with van der Waals surface area (Å²) in [5, 5.41) is 4.47. The SMILES string of the molecule is Cn1cc(C(Cc2c(F)cccc2Cl)NN)cn1. The van der Waals surface area contributed by atoms with E-state index in [9.17, 15) is 4.39 Å². The molecule has 0 fully saturated rings. The minimum Gasteiger partial charge on any atom is -0.275 e. The van der Waals surface area contributed by atoms with Gasteiger partial charge in [0, 0.05) is 29.4 Å². The fourth-order valence-corrected chi connectivity index (χ4v) is 2.06. The van der Waals surface area contributed by atoms with E-state index < -0.39 is 0 Å². The second-order valence-electron chi connectivity index (χ2n) is 4.07. The van der Waals surface area contributed by atoms with Crippen molar-refractivity contribution < 1.29 is 4.39 Å². The summed E-state index contributed by atoms with van der Waals surface area (Å²) in [4.78, 5) is 0. The minimum absolute atomic E-state index is 0.229. The Hall–Kier alpha value is -1.43. The summed E-state index contributed by atoms with van der Waals surface area (Å²) in [5.74, 6) is 5.18. The van der Waals surface area contributed by atoms with Crippen molar-refractivity contribution in [1.29, 1.82) is 0 Å². The van der Waals surface area contributed by atoms with Crippen molar-refractivity contribution in [2.75, 3.05) is 0 Å². The lowest BCUT2D eigenvalue weighted by Gasteiger charge is -2.15. The Kier molecular flexibility index (Phi) is 3.96. The van der Waals surface area contributed by atoms with Crippen molar-refractivity contribution in [3.63, 3.8) is 0 Å². The zero-order valence-electron chi connectivity index (χ0n) is 9.90. The first-order valence-electron chi connectivity index (χ1n) is 5.49. The summed E-state index contributed by atoms with van der Waals surface area (Å²) in [7, 11) is 1.81. The van der Waals surface area contributed by atoms with Crippen LogP contribution in [0.3, 0.4) is 0 Å². The van der Waals surface area contributed by atoms with Crippen LogP contribution in [0.4, 0.5) is 4.39 Å². The molecule has 1 heterocycles. The zero-order valence-corrected chi connectivity index (χ0v) is 10.7. The van der Waals surface area contributed by atoms with E-state index in [4.69, 9.17) is 17.4 Å². The Balaban J connectivity index is 2.26. The van der Waals surface area contributed by atoms with Crippen LogP contribution in [0.1, 0.15) is 17.2 Å². The Bertz CT molecular complexity index is 520. The molecule has 18 heavy (non-hydrogen) atoms. The standard InChI is InChI=1S/C12H14ClFN4/c1-18-7-8(6-16-18)12(17-15)5-9-10(13)3-2-4-11(9)14/h2-4,6-7,12,17H,5,15H2,1H3. The molecular formula is C12H14ClFN4. The topological polar surface area (TPSA) is 55.9 Å². The van der Waals surface area contributed by atoms with E-state index in [0.29, 0.717) is 17.0 Å². The highest BCUT2D eigenvalue weighted by Gasteiger charge is 2.16. The van der Waals surface area contributed by atoms with E-state index in [-0.39, 0.29) is 11.9 Å². The smallest absolute Gasteiger partial charge is 0.127 e. The van der Waals surface area contributed by atoms with Gasteiger partial charge in [-0.1, -0.05) is 17.7 Å². The summed E-state index contributed by atoms with van der Waals surface area (Å²) in [6.07, 6.45) is 3.90. The molecular weight excluding hydrogens is 255 g/mol. The Morgan fingerprint density at radius 3 is 2.89 bits per heavy atom. The van der Waals surface area contributed by atoms with Crippen molar-refractivity contribution in [1.82, 2.24) is 15.2 Å². The average molecular weight is 269 g/mol. The number of nitrogens with zero attached hydrogens (tertiary/aromatic N) is 2. The lowest BCUT2D eigenvalue weighted by atomic mass is 10.0. The van der Waals surface area contributed by atoms with Crippen LogP contribution in [-0.2, 0) is 13.5 Å². The van der Waals surface area contributed by atoms with E-state index in [0.717, 1.165) is 5.56 Å². The van der Waals surface area contributed by atoms with Crippen molar-refractivity contribution >= 4 is 11.6 Å². The number of nitrogens with two attached hydrogens (primary N) is 1. The first kappa shape index (κ1) is 13.0. The third-order valence-electron chi connectivity index (χ3n) is 2.80. The second kappa shape index (κ2) is 5.48. The van der Waals surface area contributed by atoms with E-state index in [1.807, 2.05) is 13.2 Å². The number of benzene rings is 1. The number of hydrogen-bond donors (Lipinski definition) is 2. The molecule has 6 heteroatoms. The maximum atomic E-state index is 13.7. The molecule has 0 saturated heterocycles. The number of hydrazine groups is 1. The van der Waals surface area contributed by atoms with Crippen LogP contribution in [0.15, 0.2) is 30.6 Å². The quantitative estimate of drug-likeness (QED) is 0.658. The van der Waals surface area contributed by atoms with Gasteiger partial charge in [-0.3, -0.25) is 16.0 Å². The van der Waals surface area contributed by atoms with Crippen molar-refractivity contribution in [2.45, 2.75) is 12.5 Å². The van der Waals surface area contributed by atoms with Gasteiger partial charge >= 0.3 is 0 Å². The number of rotatable bonds is 4. The molecule has 2 rings (SSSR count). The highest BCUT2D eigenvalue weighted by Crippen LogP contribution is 2.25. The predicted molar refractivity (Wildman–Crippen MR) is 68.4 cm³/mol. The summed E-state index contributed by atoms with van der Waals surface area (Å²) in [6.45, 7) is 0. The maximum Gasteiger partial charge on any atom is 0.127 e. The highest BCUT2D eigenvalue weighted by molar-refractivity contribution is 6.31. The van der Waals surface area contributed by atoms with Gasteiger partial charge in [-0.05, 0) is 18.6 Å². The van der Waals surface area contributed by atoms with Gasteiger partial charge in [0.1, 0.15) is 5.82 Å². The van der Waals surface area contributed by atoms with Crippen LogP contribution in [0, 0.1) is 5.82 Å². The monoisotopic (exact) mass is 268 g/mol. The molecule has 96 valence electrons. The Morgan fingerprint density at radius 1 is 1.56 bits per heavy atom. The molecule has 3 N–H and O–H groups in total. The summed E-state index contributed by atoms with van der Waals surface area (Å²) in [6, 6.07) is 4.40. The first-order chi connectivity index (χ1) is 8.61. The molecule has 4 nitrogen and oxygen atoms in total. The molecule has 0 amide bonds. The van der Waals surface area contributed by atoms with Crippen LogP contribution in [0.25, 0.3) is 0 Å². The average Bonchev–Trinajstić information content (AvgIpc) is 2.76. The first-order valence-corrected chi connectivity index (χ1v) is 5.87. The van der Waals surface area contributed by atoms with Crippen molar-refractivity contribution in [2.24, 2.45) is 12.9 Å². The Labute approximate surface area is 110 Å². The van der Waals surface area contributed by atoms with Gasteiger partial charge in [0.05, 0.1) is 12.2 Å². The molecule has 0 aliphatic rings. The third-order valence-corrected chi connectivity index (χ3v) is 3.15. The molecule has 1 aromatic heterocycles. The fourth-order valence-electron chi connectivity index (χ4n) is 1.82. The molecule has 1 aromatic carbocycles. The molecule has 2 aromatic rings. The number of aromatic nitrogens is 2. The van der Waals surface area contributed by atoms with Gasteiger partial charge in [0.2, 0.25) is 0 Å². The van der Waals surface area contributed by atoms with Gasteiger partial charge in [0.25, 0.3) is 0 Å². The molecule has 0 saturated carbocycles. The van der Waals surface area contributed by atoms with Crippen molar-refractivity contribution in [3.05, 3.63) is 52.6 Å². The van der Waals surface area contributed by atoms with Gasteiger partial charge in [-0.25, -0.2) is 4.39 Å². The molecule has 1 unspecified atom stereocenters. The van der Waals surface area contributed by atoms with Crippen molar-refractivity contribution in [3.8, 4) is 0 Å². The lowest BCUT2D eigenvalue weighted by Crippen LogP contribution is -2.29. The molecule has 1 atom stereocenters. The predicted octanol–water partition coefficient (Wildman–Crippen LogP) is 1.96. The highest BCUT2D eigenvalue weighted by atomic mass is 35.5.